The quantitative estimate of drug-likeness (QED) is 0.744. The molecule has 1 spiro atoms. The predicted octanol–water partition coefficient (Wildman–Crippen LogP) is 3.73. The van der Waals surface area contributed by atoms with Gasteiger partial charge in [0.15, 0.2) is 0 Å². The highest BCUT2D eigenvalue weighted by Gasteiger charge is 2.53. The first-order valence-corrected chi connectivity index (χ1v) is 10.0. The molecule has 0 saturated carbocycles. The summed E-state index contributed by atoms with van der Waals surface area (Å²) in [6, 6.07) is 4.52. The molecule has 0 radical (unpaired) electrons. The normalized spacial score (nSPS) is 17.3. The van der Waals surface area contributed by atoms with Crippen molar-refractivity contribution in [3.63, 3.8) is 0 Å². The van der Waals surface area contributed by atoms with Gasteiger partial charge < -0.3 is 19.7 Å². The Kier molecular flexibility index (Phi) is 5.50. The molecule has 4 rings (SSSR count). The van der Waals surface area contributed by atoms with Crippen molar-refractivity contribution in [1.29, 1.82) is 0 Å². The van der Waals surface area contributed by atoms with Crippen LogP contribution in [-0.2, 0) is 11.3 Å². The van der Waals surface area contributed by atoms with Crippen LogP contribution in [-0.4, -0.2) is 52.4 Å². The summed E-state index contributed by atoms with van der Waals surface area (Å²) in [5, 5.41) is 2.98. The minimum atomic E-state index is -4.76. The van der Waals surface area contributed by atoms with E-state index in [0.29, 0.717) is 30.9 Å². The molecule has 1 N–H and O–H groups in total. The first kappa shape index (κ1) is 21.4. The zero-order chi connectivity index (χ0) is 22.2. The summed E-state index contributed by atoms with van der Waals surface area (Å²) in [7, 11) is 0. The van der Waals surface area contributed by atoms with Crippen molar-refractivity contribution >= 4 is 11.9 Å². The van der Waals surface area contributed by atoms with Gasteiger partial charge in [-0.1, -0.05) is 19.9 Å². The van der Waals surface area contributed by atoms with Gasteiger partial charge in [0, 0.05) is 25.5 Å². The number of carbonyl (C=O) groups is 1. The van der Waals surface area contributed by atoms with Gasteiger partial charge in [-0.25, -0.2) is 9.97 Å². The smallest absolute Gasteiger partial charge is 0.406 e. The molecule has 2 saturated heterocycles. The summed E-state index contributed by atoms with van der Waals surface area (Å²) < 4.78 is 47.2. The van der Waals surface area contributed by atoms with Gasteiger partial charge in [-0.2, -0.15) is 0 Å². The molecule has 3 heterocycles. The molecule has 2 aromatic rings. The van der Waals surface area contributed by atoms with Gasteiger partial charge >= 0.3 is 6.36 Å². The van der Waals surface area contributed by atoms with Gasteiger partial charge in [0.25, 0.3) is 5.91 Å². The zero-order valence-electron chi connectivity index (χ0n) is 17.2. The number of anilines is 1. The summed E-state index contributed by atoms with van der Waals surface area (Å²) in [5.74, 6) is -0.0847. The Morgan fingerprint density at radius 2 is 1.97 bits per heavy atom. The maximum atomic E-state index is 12.6. The molecule has 2 fully saturated rings. The molecule has 1 amide bonds. The Hall–Kier alpha value is -2.88. The topological polar surface area (TPSA) is 76.6 Å². The van der Waals surface area contributed by atoms with Crippen LogP contribution in [0.15, 0.2) is 30.6 Å². The van der Waals surface area contributed by atoms with Crippen LogP contribution >= 0.6 is 0 Å². The van der Waals surface area contributed by atoms with Gasteiger partial charge in [-0.05, 0) is 35.6 Å². The molecule has 0 aliphatic carbocycles. The van der Waals surface area contributed by atoms with E-state index in [9.17, 15) is 18.0 Å². The summed E-state index contributed by atoms with van der Waals surface area (Å²) in [6.45, 7) is 5.80. The number of hydrogen-bond acceptors (Lipinski definition) is 6. The lowest BCUT2D eigenvalue weighted by Gasteiger charge is -2.57. The molecule has 7 nitrogen and oxygen atoms in total. The van der Waals surface area contributed by atoms with Gasteiger partial charge in [0.05, 0.1) is 24.3 Å². The van der Waals surface area contributed by atoms with Crippen molar-refractivity contribution in [2.24, 2.45) is 0 Å². The Morgan fingerprint density at radius 1 is 1.26 bits per heavy atom. The van der Waals surface area contributed by atoms with Crippen LogP contribution < -0.4 is 10.1 Å². The lowest BCUT2D eigenvalue weighted by molar-refractivity contribution is -0.274. The first-order valence-electron chi connectivity index (χ1n) is 10.0. The molecule has 0 unspecified atom stereocenters. The second-order valence-corrected chi connectivity index (χ2v) is 8.19. The second-order valence-electron chi connectivity index (χ2n) is 8.19. The number of aromatic nitrogens is 2. The van der Waals surface area contributed by atoms with Crippen molar-refractivity contribution in [2.75, 3.05) is 25.1 Å². The van der Waals surface area contributed by atoms with Crippen molar-refractivity contribution in [3.05, 3.63) is 47.3 Å². The van der Waals surface area contributed by atoms with E-state index in [4.69, 9.17) is 4.74 Å². The highest BCUT2D eigenvalue weighted by Crippen LogP contribution is 2.38. The first-order chi connectivity index (χ1) is 14.7. The fraction of sp³-hybridized carbons (Fsp3) is 0.476. The number of ether oxygens (including phenoxy) is 2. The summed E-state index contributed by atoms with van der Waals surface area (Å²) in [5.41, 5.74) is 1.55. The monoisotopic (exact) mass is 436 g/mol. The molecule has 2 aliphatic heterocycles. The molecule has 0 atom stereocenters. The molecule has 166 valence electrons. The molecule has 1 aromatic heterocycles. The van der Waals surface area contributed by atoms with E-state index in [1.54, 1.807) is 4.90 Å². The fourth-order valence-corrected chi connectivity index (χ4v) is 3.68. The minimum Gasteiger partial charge on any atom is -0.406 e. The number of carbonyl (C=O) groups excluding carboxylic acids is 1. The lowest BCUT2D eigenvalue weighted by atomic mass is 9.82. The number of likely N-dealkylation sites (tertiary alicyclic amines) is 1. The van der Waals surface area contributed by atoms with E-state index >= 15 is 0 Å². The average molecular weight is 436 g/mol. The van der Waals surface area contributed by atoms with Crippen molar-refractivity contribution in [1.82, 2.24) is 14.9 Å². The van der Waals surface area contributed by atoms with E-state index < -0.39 is 6.36 Å². The lowest BCUT2D eigenvalue weighted by Crippen LogP contribution is -2.72. The number of amides is 1. The van der Waals surface area contributed by atoms with Gasteiger partial charge in [0.2, 0.25) is 5.95 Å². The predicted molar refractivity (Wildman–Crippen MR) is 106 cm³/mol. The summed E-state index contributed by atoms with van der Waals surface area (Å²) in [6.07, 6.45) is -0.918. The van der Waals surface area contributed by atoms with Crippen molar-refractivity contribution < 1.29 is 27.4 Å². The number of rotatable bonds is 6. The van der Waals surface area contributed by atoms with Crippen LogP contribution in [0.4, 0.5) is 19.1 Å². The molecule has 2 aliphatic rings. The molecule has 10 heteroatoms. The highest BCUT2D eigenvalue weighted by atomic mass is 19.4. The van der Waals surface area contributed by atoms with Crippen molar-refractivity contribution in [3.8, 4) is 5.75 Å². The molecule has 1 aromatic carbocycles. The van der Waals surface area contributed by atoms with E-state index in [1.165, 1.54) is 24.5 Å². The summed E-state index contributed by atoms with van der Waals surface area (Å²) >= 11 is 0. The standard InChI is InChI=1S/C21H23F3N4O3/c1-13(2)15-5-14(6-17(7-15)31-21(22,23)24)8-25-19-26-9-16(10-27-19)18(29)28-4-3-20(28)11-30-12-20/h5-7,9-10,13H,3-4,8,11-12H2,1-2H3,(H,25,26,27). The molecular weight excluding hydrogens is 413 g/mol. The van der Waals surface area contributed by atoms with Crippen LogP contribution in [0.25, 0.3) is 0 Å². The van der Waals surface area contributed by atoms with Crippen molar-refractivity contribution in [2.45, 2.75) is 44.6 Å². The van der Waals surface area contributed by atoms with E-state index in [0.717, 1.165) is 12.0 Å². The number of nitrogens with one attached hydrogen (secondary N) is 1. The number of benzene rings is 1. The number of alkyl halides is 3. The molecule has 0 bridgehead atoms. The Labute approximate surface area is 177 Å². The van der Waals surface area contributed by atoms with Crippen LogP contribution in [0.1, 0.15) is 47.7 Å². The Bertz CT molecular complexity index is 954. The maximum absolute atomic E-state index is 12.6. The number of hydrogen-bond donors (Lipinski definition) is 1. The van der Waals surface area contributed by atoms with Crippen LogP contribution in [0, 0.1) is 0 Å². The minimum absolute atomic E-state index is 0.0305. The largest absolute Gasteiger partial charge is 0.573 e. The SMILES string of the molecule is CC(C)c1cc(CNc2ncc(C(=O)N3CCC34COC4)cn2)cc(OC(F)(F)F)c1. The number of nitrogens with zero attached hydrogens (tertiary/aromatic N) is 3. The third kappa shape index (κ3) is 4.58. The average Bonchev–Trinajstić information content (AvgIpc) is 2.63. The molecule has 31 heavy (non-hydrogen) atoms. The van der Waals surface area contributed by atoms with Gasteiger partial charge in [-0.3, -0.25) is 4.79 Å². The fourth-order valence-electron chi connectivity index (χ4n) is 3.68. The van der Waals surface area contributed by atoms with Crippen LogP contribution in [0.5, 0.6) is 5.75 Å². The van der Waals surface area contributed by atoms with Gasteiger partial charge in [-0.15, -0.1) is 13.2 Å². The van der Waals surface area contributed by atoms with Crippen LogP contribution in [0.3, 0.4) is 0 Å². The van der Waals surface area contributed by atoms with E-state index in [1.807, 2.05) is 19.9 Å². The molecular formula is C21H23F3N4O3. The van der Waals surface area contributed by atoms with E-state index in [-0.39, 0.29) is 35.6 Å². The zero-order valence-corrected chi connectivity index (χ0v) is 17.2. The third-order valence-electron chi connectivity index (χ3n) is 5.60. The van der Waals surface area contributed by atoms with E-state index in [2.05, 4.69) is 20.0 Å². The summed E-state index contributed by atoms with van der Waals surface area (Å²) in [4.78, 5) is 22.8. The third-order valence-corrected chi connectivity index (χ3v) is 5.60. The van der Waals surface area contributed by atoms with Gasteiger partial charge in [0.1, 0.15) is 5.75 Å². The number of halogens is 3. The maximum Gasteiger partial charge on any atom is 0.573 e. The highest BCUT2D eigenvalue weighted by molar-refractivity contribution is 5.95. The van der Waals surface area contributed by atoms with Crippen LogP contribution in [0.2, 0.25) is 0 Å². The Morgan fingerprint density at radius 3 is 2.48 bits per heavy atom. The Balaban J connectivity index is 1.41. The second kappa shape index (κ2) is 7.99.